The molecule has 8 heteroatoms. The number of H-pyrrole nitrogens is 1. The molecule has 0 unspecified atom stereocenters. The van der Waals surface area contributed by atoms with Gasteiger partial charge in [0, 0.05) is 31.3 Å². The number of benzene rings is 1. The van der Waals surface area contributed by atoms with Gasteiger partial charge in [0.2, 0.25) is 5.91 Å². The largest absolute Gasteiger partial charge is 0.356 e. The Bertz CT molecular complexity index is 830. The Labute approximate surface area is 163 Å². The van der Waals surface area contributed by atoms with Crippen LogP contribution < -0.4 is 15.5 Å². The zero-order chi connectivity index (χ0) is 20.1. The van der Waals surface area contributed by atoms with Crippen molar-refractivity contribution in [2.24, 2.45) is 0 Å². The van der Waals surface area contributed by atoms with Crippen molar-refractivity contribution in [2.75, 3.05) is 11.4 Å². The Kier molecular flexibility index (Phi) is 6.08. The van der Waals surface area contributed by atoms with Gasteiger partial charge in [-0.3, -0.25) is 9.59 Å². The number of anilines is 1. The number of nitrogens with one attached hydrogen (secondary N) is 3. The lowest BCUT2D eigenvalue weighted by Crippen LogP contribution is -2.33. The predicted octanol–water partition coefficient (Wildman–Crippen LogP) is 2.10. The smallest absolute Gasteiger partial charge is 0.329 e. The van der Waals surface area contributed by atoms with Crippen LogP contribution in [0, 0.1) is 0 Å². The number of urea groups is 1. The summed E-state index contributed by atoms with van der Waals surface area (Å²) in [5, 5.41) is 5.47. The van der Waals surface area contributed by atoms with Crippen molar-refractivity contribution < 1.29 is 14.4 Å². The van der Waals surface area contributed by atoms with E-state index in [4.69, 9.17) is 0 Å². The first-order valence-corrected chi connectivity index (χ1v) is 9.44. The minimum atomic E-state index is -0.685. The van der Waals surface area contributed by atoms with Gasteiger partial charge in [0.25, 0.3) is 5.91 Å². The summed E-state index contributed by atoms with van der Waals surface area (Å²) in [6, 6.07) is 6.25. The van der Waals surface area contributed by atoms with Crippen LogP contribution in [0.3, 0.4) is 0 Å². The maximum absolute atomic E-state index is 12.6. The van der Waals surface area contributed by atoms with Gasteiger partial charge in [-0.25, -0.2) is 14.7 Å². The highest BCUT2D eigenvalue weighted by Crippen LogP contribution is 2.24. The van der Waals surface area contributed by atoms with E-state index < -0.39 is 12.1 Å². The molecule has 0 spiro atoms. The quantitative estimate of drug-likeness (QED) is 0.607. The molecule has 8 nitrogen and oxygen atoms in total. The molecular formula is C20H25N5O3. The first kappa shape index (κ1) is 19.6. The molecule has 3 rings (SSSR count). The number of carbonyl (C=O) groups is 3. The number of hydrogen-bond acceptors (Lipinski definition) is 4. The second-order valence-electron chi connectivity index (χ2n) is 7.14. The second kappa shape index (κ2) is 8.69. The lowest BCUT2D eigenvalue weighted by molar-refractivity contribution is -0.121. The molecule has 1 aliphatic rings. The SMILES string of the molecule is CC(C)c1ccc(N2C(=O)N[C@@H](CCC(=O)NCCc3cnc[nH]3)C2=O)cc1. The monoisotopic (exact) mass is 383 g/mol. The van der Waals surface area contributed by atoms with Crippen LogP contribution in [0.1, 0.15) is 43.9 Å². The first-order chi connectivity index (χ1) is 13.5. The molecule has 1 aromatic heterocycles. The Morgan fingerprint density at radius 1 is 1.25 bits per heavy atom. The number of imidazole rings is 1. The second-order valence-corrected chi connectivity index (χ2v) is 7.14. The normalized spacial score (nSPS) is 16.5. The molecule has 1 fully saturated rings. The number of aromatic amines is 1. The van der Waals surface area contributed by atoms with Crippen molar-refractivity contribution in [3.8, 4) is 0 Å². The molecule has 1 atom stereocenters. The highest BCUT2D eigenvalue weighted by Gasteiger charge is 2.38. The number of nitrogens with zero attached hydrogens (tertiary/aromatic N) is 2. The van der Waals surface area contributed by atoms with Gasteiger partial charge in [0.15, 0.2) is 0 Å². The Morgan fingerprint density at radius 3 is 2.64 bits per heavy atom. The van der Waals surface area contributed by atoms with Crippen molar-refractivity contribution in [3.05, 3.63) is 48.0 Å². The number of amides is 4. The third-order valence-electron chi connectivity index (χ3n) is 4.77. The highest BCUT2D eigenvalue weighted by molar-refractivity contribution is 6.21. The van der Waals surface area contributed by atoms with Crippen molar-refractivity contribution >= 4 is 23.5 Å². The molecule has 28 heavy (non-hydrogen) atoms. The molecular weight excluding hydrogens is 358 g/mol. The summed E-state index contributed by atoms with van der Waals surface area (Å²) in [5.74, 6) is -0.106. The Hall–Kier alpha value is -3.16. The zero-order valence-electron chi connectivity index (χ0n) is 16.1. The molecule has 2 aromatic rings. The molecule has 0 bridgehead atoms. The first-order valence-electron chi connectivity index (χ1n) is 9.44. The van der Waals surface area contributed by atoms with Gasteiger partial charge in [0.05, 0.1) is 12.0 Å². The van der Waals surface area contributed by atoms with E-state index in [0.29, 0.717) is 24.6 Å². The third kappa shape index (κ3) is 4.57. The highest BCUT2D eigenvalue weighted by atomic mass is 16.2. The van der Waals surface area contributed by atoms with Crippen molar-refractivity contribution in [3.63, 3.8) is 0 Å². The van der Waals surface area contributed by atoms with Gasteiger partial charge >= 0.3 is 6.03 Å². The number of imide groups is 1. The lowest BCUT2D eigenvalue weighted by Gasteiger charge is -2.14. The van der Waals surface area contributed by atoms with Gasteiger partial charge in [-0.15, -0.1) is 0 Å². The fraction of sp³-hybridized carbons (Fsp3) is 0.400. The van der Waals surface area contributed by atoms with Gasteiger partial charge in [-0.05, 0) is 30.0 Å². The van der Waals surface area contributed by atoms with E-state index in [2.05, 4.69) is 34.4 Å². The molecule has 4 amide bonds. The number of carbonyl (C=O) groups excluding carboxylic acids is 3. The number of aromatic nitrogens is 2. The van der Waals surface area contributed by atoms with E-state index in [9.17, 15) is 14.4 Å². The Balaban J connectivity index is 1.49. The average molecular weight is 383 g/mol. The molecule has 148 valence electrons. The molecule has 2 heterocycles. The van der Waals surface area contributed by atoms with Crippen LogP contribution in [-0.2, 0) is 16.0 Å². The van der Waals surface area contributed by atoms with Gasteiger partial charge < -0.3 is 15.6 Å². The molecule has 1 saturated heterocycles. The van der Waals surface area contributed by atoms with E-state index in [1.54, 1.807) is 24.7 Å². The fourth-order valence-corrected chi connectivity index (χ4v) is 3.10. The summed E-state index contributed by atoms with van der Waals surface area (Å²) in [6.45, 7) is 4.65. The van der Waals surface area contributed by atoms with Crippen molar-refractivity contribution in [1.82, 2.24) is 20.6 Å². The van der Waals surface area contributed by atoms with E-state index in [1.807, 2.05) is 12.1 Å². The molecule has 0 saturated carbocycles. The summed E-state index contributed by atoms with van der Waals surface area (Å²) in [7, 11) is 0. The van der Waals surface area contributed by atoms with Crippen LogP contribution in [0.5, 0.6) is 0 Å². The van der Waals surface area contributed by atoms with Crippen LogP contribution in [0.2, 0.25) is 0 Å². The van der Waals surface area contributed by atoms with Crippen LogP contribution in [0.15, 0.2) is 36.8 Å². The zero-order valence-corrected chi connectivity index (χ0v) is 16.1. The molecule has 0 aliphatic carbocycles. The van der Waals surface area contributed by atoms with Crippen LogP contribution >= 0.6 is 0 Å². The minimum Gasteiger partial charge on any atom is -0.356 e. The Morgan fingerprint density at radius 2 is 2.00 bits per heavy atom. The summed E-state index contributed by atoms with van der Waals surface area (Å²) in [5.41, 5.74) is 2.62. The summed E-state index contributed by atoms with van der Waals surface area (Å²) in [4.78, 5) is 44.9. The standard InChI is InChI=1S/C20H25N5O3/c1-13(2)14-3-5-16(6-4-14)25-19(27)17(24-20(25)28)7-8-18(26)22-10-9-15-11-21-12-23-15/h3-6,11-13,17H,7-10H2,1-2H3,(H,21,23)(H,22,26)(H,24,28)/t17-/m0/s1. The van der Waals surface area contributed by atoms with Crippen LogP contribution in [0.4, 0.5) is 10.5 Å². The summed E-state index contributed by atoms with van der Waals surface area (Å²) >= 11 is 0. The minimum absolute atomic E-state index is 0.152. The maximum atomic E-state index is 12.6. The predicted molar refractivity (Wildman–Crippen MR) is 105 cm³/mol. The average Bonchev–Trinajstić information content (AvgIpc) is 3.28. The van der Waals surface area contributed by atoms with Gasteiger partial charge in [-0.2, -0.15) is 0 Å². The molecule has 1 aromatic carbocycles. The van der Waals surface area contributed by atoms with E-state index in [-0.39, 0.29) is 24.7 Å². The number of rotatable bonds is 8. The van der Waals surface area contributed by atoms with Crippen LogP contribution in [-0.4, -0.2) is 40.4 Å². The van der Waals surface area contributed by atoms with Gasteiger partial charge in [0.1, 0.15) is 6.04 Å². The van der Waals surface area contributed by atoms with Crippen molar-refractivity contribution in [1.29, 1.82) is 0 Å². The van der Waals surface area contributed by atoms with Crippen LogP contribution in [0.25, 0.3) is 0 Å². The van der Waals surface area contributed by atoms with Gasteiger partial charge in [-0.1, -0.05) is 26.0 Å². The number of hydrogen-bond donors (Lipinski definition) is 3. The molecule has 0 radical (unpaired) electrons. The molecule has 1 aliphatic heterocycles. The maximum Gasteiger partial charge on any atom is 0.329 e. The van der Waals surface area contributed by atoms with E-state index in [1.165, 1.54) is 0 Å². The summed E-state index contributed by atoms with van der Waals surface area (Å²) in [6.07, 6.45) is 4.39. The molecule has 3 N–H and O–H groups in total. The summed E-state index contributed by atoms with van der Waals surface area (Å²) < 4.78 is 0. The van der Waals surface area contributed by atoms with E-state index in [0.717, 1.165) is 16.2 Å². The van der Waals surface area contributed by atoms with E-state index >= 15 is 0 Å². The van der Waals surface area contributed by atoms with Crippen molar-refractivity contribution in [2.45, 2.75) is 45.1 Å². The fourth-order valence-electron chi connectivity index (χ4n) is 3.10. The topological polar surface area (TPSA) is 107 Å². The third-order valence-corrected chi connectivity index (χ3v) is 4.77. The lowest BCUT2D eigenvalue weighted by atomic mass is 10.0.